The molecular formula is C14H26N4O. The molecule has 2 aliphatic heterocycles. The standard InChI is InChI=1S/C14H26N4O/c1-4-12-15-14(5-6-14)13(19)18(12)10-11-9-16(2)7-8-17(11)3/h11-12,15H,4-10H2,1-3H3. The van der Waals surface area contributed by atoms with E-state index in [1.165, 1.54) is 0 Å². The monoisotopic (exact) mass is 266 g/mol. The Labute approximate surface area is 115 Å². The van der Waals surface area contributed by atoms with Gasteiger partial charge in [-0.3, -0.25) is 15.0 Å². The summed E-state index contributed by atoms with van der Waals surface area (Å²) in [4.78, 5) is 19.4. The lowest BCUT2D eigenvalue weighted by molar-refractivity contribution is -0.131. The van der Waals surface area contributed by atoms with Crippen LogP contribution in [0.1, 0.15) is 26.2 Å². The lowest BCUT2D eigenvalue weighted by Crippen LogP contribution is -2.56. The largest absolute Gasteiger partial charge is 0.324 e. The number of piperazine rings is 1. The summed E-state index contributed by atoms with van der Waals surface area (Å²) in [5.74, 6) is 0.348. The van der Waals surface area contributed by atoms with Gasteiger partial charge in [0.2, 0.25) is 5.91 Å². The Kier molecular flexibility index (Phi) is 3.31. The second-order valence-electron chi connectivity index (χ2n) is 6.50. The van der Waals surface area contributed by atoms with Gasteiger partial charge >= 0.3 is 0 Å². The molecule has 0 bridgehead atoms. The van der Waals surface area contributed by atoms with E-state index < -0.39 is 0 Å². The highest BCUT2D eigenvalue weighted by atomic mass is 16.2. The topological polar surface area (TPSA) is 38.8 Å². The van der Waals surface area contributed by atoms with Gasteiger partial charge in [0.05, 0.1) is 11.7 Å². The molecule has 0 aromatic heterocycles. The van der Waals surface area contributed by atoms with Crippen LogP contribution in [0.15, 0.2) is 0 Å². The van der Waals surface area contributed by atoms with Crippen LogP contribution < -0.4 is 5.32 Å². The van der Waals surface area contributed by atoms with E-state index in [1.54, 1.807) is 0 Å². The molecule has 2 atom stereocenters. The van der Waals surface area contributed by atoms with Crippen LogP contribution >= 0.6 is 0 Å². The highest BCUT2D eigenvalue weighted by molar-refractivity contribution is 5.91. The van der Waals surface area contributed by atoms with Gasteiger partial charge in [-0.2, -0.15) is 0 Å². The summed E-state index contributed by atoms with van der Waals surface area (Å²) in [6.45, 7) is 6.31. The summed E-state index contributed by atoms with van der Waals surface area (Å²) in [5, 5.41) is 3.55. The molecule has 19 heavy (non-hydrogen) atoms. The van der Waals surface area contributed by atoms with Crippen LogP contribution in [0.4, 0.5) is 0 Å². The van der Waals surface area contributed by atoms with E-state index in [2.05, 4.69) is 41.0 Å². The third kappa shape index (κ3) is 2.28. The van der Waals surface area contributed by atoms with Crippen molar-refractivity contribution in [3.05, 3.63) is 0 Å². The quantitative estimate of drug-likeness (QED) is 0.776. The first-order valence-electron chi connectivity index (χ1n) is 7.53. The number of hydrogen-bond acceptors (Lipinski definition) is 4. The average Bonchev–Trinajstić information content (AvgIpc) is 3.12. The Balaban J connectivity index is 1.69. The molecule has 108 valence electrons. The van der Waals surface area contributed by atoms with Crippen LogP contribution in [0.25, 0.3) is 0 Å². The van der Waals surface area contributed by atoms with Crippen LogP contribution in [0.3, 0.4) is 0 Å². The second kappa shape index (κ2) is 4.72. The Morgan fingerprint density at radius 3 is 2.68 bits per heavy atom. The van der Waals surface area contributed by atoms with Crippen molar-refractivity contribution in [1.82, 2.24) is 20.0 Å². The predicted octanol–water partition coefficient (Wildman–Crippen LogP) is -0.0673. The average molecular weight is 266 g/mol. The van der Waals surface area contributed by atoms with E-state index >= 15 is 0 Å². The first-order valence-corrected chi connectivity index (χ1v) is 7.53. The number of carbonyl (C=O) groups excluding carboxylic acids is 1. The lowest BCUT2D eigenvalue weighted by Gasteiger charge is -2.40. The van der Waals surface area contributed by atoms with Gasteiger partial charge in [-0.1, -0.05) is 6.92 Å². The second-order valence-corrected chi connectivity index (χ2v) is 6.50. The first-order chi connectivity index (χ1) is 9.05. The molecular weight excluding hydrogens is 240 g/mol. The molecule has 0 aromatic carbocycles. The molecule has 1 saturated carbocycles. The van der Waals surface area contributed by atoms with Crippen molar-refractivity contribution in [2.24, 2.45) is 0 Å². The maximum absolute atomic E-state index is 12.6. The minimum Gasteiger partial charge on any atom is -0.324 e. The molecule has 1 aliphatic carbocycles. The number of hydrogen-bond donors (Lipinski definition) is 1. The zero-order valence-electron chi connectivity index (χ0n) is 12.4. The molecule has 2 heterocycles. The van der Waals surface area contributed by atoms with E-state index in [-0.39, 0.29) is 11.7 Å². The number of carbonyl (C=O) groups is 1. The Morgan fingerprint density at radius 1 is 1.32 bits per heavy atom. The normalized spacial score (nSPS) is 35.3. The molecule has 1 amide bonds. The van der Waals surface area contributed by atoms with Gasteiger partial charge in [-0.25, -0.2) is 0 Å². The Hall–Kier alpha value is -0.650. The van der Waals surface area contributed by atoms with Crippen molar-refractivity contribution in [1.29, 1.82) is 0 Å². The third-order valence-corrected chi connectivity index (χ3v) is 5.01. The van der Waals surface area contributed by atoms with Crippen LogP contribution in [0.2, 0.25) is 0 Å². The fourth-order valence-corrected chi connectivity index (χ4v) is 3.42. The smallest absolute Gasteiger partial charge is 0.244 e. The Bertz CT molecular complexity index is 368. The van der Waals surface area contributed by atoms with Gasteiger partial charge in [0.25, 0.3) is 0 Å². The fourth-order valence-electron chi connectivity index (χ4n) is 3.42. The van der Waals surface area contributed by atoms with E-state index in [0.29, 0.717) is 11.9 Å². The van der Waals surface area contributed by atoms with Gasteiger partial charge in [-0.05, 0) is 33.4 Å². The predicted molar refractivity (Wildman–Crippen MR) is 74.8 cm³/mol. The highest BCUT2D eigenvalue weighted by Crippen LogP contribution is 2.42. The minimum atomic E-state index is -0.167. The van der Waals surface area contributed by atoms with Gasteiger partial charge in [0.1, 0.15) is 0 Å². The van der Waals surface area contributed by atoms with Crippen LogP contribution in [-0.4, -0.2) is 78.6 Å². The SMILES string of the molecule is CCC1NC2(CC2)C(=O)N1CC1CN(C)CCN1C. The highest BCUT2D eigenvalue weighted by Gasteiger charge is 2.58. The van der Waals surface area contributed by atoms with Gasteiger partial charge in [0.15, 0.2) is 0 Å². The number of nitrogens with one attached hydrogen (secondary N) is 1. The molecule has 5 nitrogen and oxygen atoms in total. The van der Waals surface area contributed by atoms with Crippen molar-refractivity contribution >= 4 is 5.91 Å². The van der Waals surface area contributed by atoms with E-state index in [4.69, 9.17) is 0 Å². The van der Waals surface area contributed by atoms with Crippen LogP contribution in [0.5, 0.6) is 0 Å². The maximum Gasteiger partial charge on any atom is 0.244 e. The Morgan fingerprint density at radius 2 is 2.05 bits per heavy atom. The third-order valence-electron chi connectivity index (χ3n) is 5.01. The molecule has 0 radical (unpaired) electrons. The first kappa shape index (κ1) is 13.3. The molecule has 3 rings (SSSR count). The minimum absolute atomic E-state index is 0.167. The number of nitrogens with zero attached hydrogens (tertiary/aromatic N) is 3. The van der Waals surface area contributed by atoms with Crippen molar-refractivity contribution in [3.8, 4) is 0 Å². The zero-order valence-corrected chi connectivity index (χ0v) is 12.4. The molecule has 1 spiro atoms. The van der Waals surface area contributed by atoms with Crippen LogP contribution in [-0.2, 0) is 4.79 Å². The molecule has 2 unspecified atom stereocenters. The number of rotatable bonds is 3. The molecule has 3 aliphatic rings. The summed E-state index contributed by atoms with van der Waals surface area (Å²) in [5.41, 5.74) is -0.167. The molecule has 5 heteroatoms. The lowest BCUT2D eigenvalue weighted by atomic mass is 10.1. The summed E-state index contributed by atoms with van der Waals surface area (Å²) >= 11 is 0. The zero-order chi connectivity index (χ0) is 13.6. The van der Waals surface area contributed by atoms with Crippen molar-refractivity contribution in [2.45, 2.75) is 43.9 Å². The molecule has 2 saturated heterocycles. The van der Waals surface area contributed by atoms with Crippen molar-refractivity contribution < 1.29 is 4.79 Å². The number of likely N-dealkylation sites (N-methyl/N-ethyl adjacent to an activating group) is 2. The molecule has 1 N–H and O–H groups in total. The van der Waals surface area contributed by atoms with Crippen LogP contribution in [0, 0.1) is 0 Å². The fraction of sp³-hybridized carbons (Fsp3) is 0.929. The summed E-state index contributed by atoms with van der Waals surface area (Å²) in [6.07, 6.45) is 3.30. The number of amides is 1. The van der Waals surface area contributed by atoms with Crippen molar-refractivity contribution in [2.75, 3.05) is 40.3 Å². The van der Waals surface area contributed by atoms with E-state index in [1.807, 2.05) is 0 Å². The summed E-state index contributed by atoms with van der Waals surface area (Å²) < 4.78 is 0. The van der Waals surface area contributed by atoms with Gasteiger partial charge in [0, 0.05) is 32.2 Å². The summed E-state index contributed by atoms with van der Waals surface area (Å²) in [6, 6.07) is 0.465. The van der Waals surface area contributed by atoms with E-state index in [9.17, 15) is 4.79 Å². The summed E-state index contributed by atoms with van der Waals surface area (Å²) in [7, 11) is 4.35. The van der Waals surface area contributed by atoms with Gasteiger partial charge < -0.3 is 9.80 Å². The van der Waals surface area contributed by atoms with Crippen molar-refractivity contribution in [3.63, 3.8) is 0 Å². The maximum atomic E-state index is 12.6. The molecule has 3 fully saturated rings. The van der Waals surface area contributed by atoms with E-state index in [0.717, 1.165) is 45.4 Å². The molecule has 0 aromatic rings. The van der Waals surface area contributed by atoms with Gasteiger partial charge in [-0.15, -0.1) is 0 Å².